The van der Waals surface area contributed by atoms with Gasteiger partial charge in [0.2, 0.25) is 0 Å². The number of aromatic nitrogens is 3. The molecule has 2 heterocycles. The van der Waals surface area contributed by atoms with Crippen molar-refractivity contribution >= 4 is 45.7 Å². The number of hydrogen-bond donors (Lipinski definition) is 0. The summed E-state index contributed by atoms with van der Waals surface area (Å²) in [5.74, 6) is 0.342. The molecule has 6 heteroatoms. The molecular weight excluding hydrogens is 426 g/mol. The minimum atomic E-state index is 0.0563. The number of nitrogens with zero attached hydrogens (tertiary/aromatic N) is 3. The van der Waals surface area contributed by atoms with E-state index in [2.05, 4.69) is 22.3 Å². The van der Waals surface area contributed by atoms with Crippen molar-refractivity contribution in [2.45, 2.75) is 12.1 Å². The van der Waals surface area contributed by atoms with Crippen LogP contribution in [0.4, 0.5) is 0 Å². The molecule has 5 rings (SSSR count). The number of Topliss-reactive ketones (excluding diaryl/α,β-unsaturated/α-hetero) is 1. The Morgan fingerprint density at radius 3 is 2.45 bits per heavy atom. The molecule has 0 saturated heterocycles. The lowest BCUT2D eigenvalue weighted by atomic mass is 10.0. The zero-order chi connectivity index (χ0) is 21.4. The molecule has 0 saturated carbocycles. The van der Waals surface area contributed by atoms with Gasteiger partial charge in [0, 0.05) is 16.0 Å². The smallest absolute Gasteiger partial charge is 0.196 e. The van der Waals surface area contributed by atoms with Crippen LogP contribution in [0.3, 0.4) is 0 Å². The highest BCUT2D eigenvalue weighted by atomic mass is 35.5. The van der Waals surface area contributed by atoms with E-state index in [-0.39, 0.29) is 11.5 Å². The molecule has 0 bridgehead atoms. The zero-order valence-electron chi connectivity index (χ0n) is 16.7. The summed E-state index contributed by atoms with van der Waals surface area (Å²) in [4.78, 5) is 12.8. The van der Waals surface area contributed by atoms with Crippen LogP contribution in [0.5, 0.6) is 0 Å². The third-order valence-corrected chi connectivity index (χ3v) is 6.44. The number of ketones is 1. The zero-order valence-corrected chi connectivity index (χ0v) is 18.3. The Balaban J connectivity index is 1.39. The van der Waals surface area contributed by atoms with Crippen molar-refractivity contribution in [3.8, 4) is 11.1 Å². The van der Waals surface area contributed by atoms with Crippen molar-refractivity contribution in [3.05, 3.63) is 95.0 Å². The van der Waals surface area contributed by atoms with Crippen LogP contribution in [0.25, 0.3) is 27.7 Å². The second kappa shape index (κ2) is 8.17. The van der Waals surface area contributed by atoms with Gasteiger partial charge < -0.3 is 0 Å². The first-order valence-electron chi connectivity index (χ1n) is 9.85. The minimum Gasteiger partial charge on any atom is -0.293 e. The molecule has 31 heavy (non-hydrogen) atoms. The van der Waals surface area contributed by atoms with E-state index in [9.17, 15) is 4.79 Å². The summed E-state index contributed by atoms with van der Waals surface area (Å²) in [5.41, 5.74) is 5.74. The van der Waals surface area contributed by atoms with Crippen molar-refractivity contribution in [1.82, 2.24) is 14.6 Å². The minimum absolute atomic E-state index is 0.0563. The van der Waals surface area contributed by atoms with Gasteiger partial charge in [-0.3, -0.25) is 9.20 Å². The Labute approximate surface area is 188 Å². The maximum Gasteiger partial charge on any atom is 0.196 e. The predicted octanol–water partition coefficient (Wildman–Crippen LogP) is 6.49. The van der Waals surface area contributed by atoms with Crippen LogP contribution in [0.1, 0.15) is 15.9 Å². The van der Waals surface area contributed by atoms with Crippen molar-refractivity contribution in [3.63, 3.8) is 0 Å². The second-order valence-electron chi connectivity index (χ2n) is 7.32. The van der Waals surface area contributed by atoms with Crippen molar-refractivity contribution < 1.29 is 4.79 Å². The molecule has 4 nitrogen and oxygen atoms in total. The topological polar surface area (TPSA) is 47.3 Å². The maximum absolute atomic E-state index is 12.8. The van der Waals surface area contributed by atoms with Gasteiger partial charge in [0.25, 0.3) is 0 Å². The molecule has 0 aliphatic rings. The van der Waals surface area contributed by atoms with Crippen LogP contribution in [0, 0.1) is 6.92 Å². The number of carbonyl (C=O) groups is 1. The quantitative estimate of drug-likeness (QED) is 0.230. The lowest BCUT2D eigenvalue weighted by Gasteiger charge is -2.08. The van der Waals surface area contributed by atoms with Gasteiger partial charge >= 0.3 is 0 Å². The van der Waals surface area contributed by atoms with Gasteiger partial charge in [0.15, 0.2) is 16.6 Å². The number of hydrogen-bond acceptors (Lipinski definition) is 4. The molecule has 0 radical (unpaired) electrons. The van der Waals surface area contributed by atoms with E-state index >= 15 is 0 Å². The highest BCUT2D eigenvalue weighted by Crippen LogP contribution is 2.28. The van der Waals surface area contributed by atoms with E-state index in [0.29, 0.717) is 15.7 Å². The Bertz CT molecular complexity index is 1410. The average Bonchev–Trinajstić information content (AvgIpc) is 3.21. The third-order valence-electron chi connectivity index (χ3n) is 5.27. The summed E-state index contributed by atoms with van der Waals surface area (Å²) in [6.45, 7) is 2.03. The molecule has 0 aliphatic heterocycles. The van der Waals surface area contributed by atoms with Gasteiger partial charge in [0.05, 0.1) is 11.3 Å². The average molecular weight is 444 g/mol. The van der Waals surface area contributed by atoms with Crippen LogP contribution in [0.15, 0.2) is 84.0 Å². The Morgan fingerprint density at radius 2 is 1.68 bits per heavy atom. The summed E-state index contributed by atoms with van der Waals surface area (Å²) in [6.07, 6.45) is 0. The van der Waals surface area contributed by atoms with Gasteiger partial charge in [0.1, 0.15) is 0 Å². The molecular formula is C25H18ClN3OS. The van der Waals surface area contributed by atoms with Gasteiger partial charge in [-0.1, -0.05) is 78.0 Å². The summed E-state index contributed by atoms with van der Waals surface area (Å²) < 4.78 is 1.98. The van der Waals surface area contributed by atoms with Gasteiger partial charge in [-0.15, -0.1) is 10.2 Å². The molecule has 0 atom stereocenters. The number of halogens is 1. The van der Waals surface area contributed by atoms with Gasteiger partial charge in [-0.2, -0.15) is 0 Å². The van der Waals surface area contributed by atoms with Crippen LogP contribution in [0.2, 0.25) is 5.02 Å². The molecule has 152 valence electrons. The molecule has 0 fully saturated rings. The molecule has 0 spiro atoms. The number of benzene rings is 3. The van der Waals surface area contributed by atoms with Crippen LogP contribution < -0.4 is 0 Å². The normalized spacial score (nSPS) is 11.3. The maximum atomic E-state index is 12.8. The summed E-state index contributed by atoms with van der Waals surface area (Å²) in [6, 6.07) is 25.6. The van der Waals surface area contributed by atoms with E-state index in [1.165, 1.54) is 11.8 Å². The number of pyridine rings is 1. The van der Waals surface area contributed by atoms with E-state index in [4.69, 9.17) is 11.6 Å². The second-order valence-corrected chi connectivity index (χ2v) is 8.70. The molecule has 0 aliphatic carbocycles. The standard InChI is InChI=1S/C25H18ClN3OS/c1-16-13-24-27-28-25(29(24)22-12-11-20(26)14-21(16)22)31-15-23(30)19-9-7-18(8-10-19)17-5-3-2-4-6-17/h2-14H,15H2,1H3. The molecule has 0 unspecified atom stereocenters. The number of thioether (sulfide) groups is 1. The number of rotatable bonds is 5. The molecule has 5 aromatic rings. The summed E-state index contributed by atoms with van der Waals surface area (Å²) >= 11 is 7.58. The number of carbonyl (C=O) groups excluding carboxylic acids is 1. The number of fused-ring (bicyclic) bond motifs is 3. The van der Waals surface area contributed by atoms with Crippen LogP contribution in [-0.4, -0.2) is 26.1 Å². The van der Waals surface area contributed by atoms with Gasteiger partial charge in [-0.25, -0.2) is 0 Å². The van der Waals surface area contributed by atoms with Crippen molar-refractivity contribution in [1.29, 1.82) is 0 Å². The van der Waals surface area contributed by atoms with E-state index in [1.807, 2.05) is 78.1 Å². The lowest BCUT2D eigenvalue weighted by molar-refractivity contribution is 0.102. The van der Waals surface area contributed by atoms with Gasteiger partial charge in [-0.05, 0) is 47.9 Å². The Kier molecular flexibility index (Phi) is 5.22. The third kappa shape index (κ3) is 3.82. The SMILES string of the molecule is Cc1cc2nnc(SCC(=O)c3ccc(-c4ccccc4)cc3)n2c2ccc(Cl)cc12. The van der Waals surface area contributed by atoms with E-state index in [0.717, 1.165) is 33.2 Å². The van der Waals surface area contributed by atoms with Crippen molar-refractivity contribution in [2.24, 2.45) is 0 Å². The molecule has 3 aromatic carbocycles. The summed E-state index contributed by atoms with van der Waals surface area (Å²) in [5, 5.41) is 11.0. The number of aryl methyl sites for hydroxylation is 1. The monoisotopic (exact) mass is 443 g/mol. The van der Waals surface area contributed by atoms with Crippen molar-refractivity contribution in [2.75, 3.05) is 5.75 Å². The van der Waals surface area contributed by atoms with Crippen LogP contribution >= 0.6 is 23.4 Å². The lowest BCUT2D eigenvalue weighted by Crippen LogP contribution is -2.03. The summed E-state index contributed by atoms with van der Waals surface area (Å²) in [7, 11) is 0. The van der Waals surface area contributed by atoms with E-state index < -0.39 is 0 Å². The highest BCUT2D eigenvalue weighted by Gasteiger charge is 2.14. The Morgan fingerprint density at radius 1 is 0.935 bits per heavy atom. The predicted molar refractivity (Wildman–Crippen MR) is 127 cm³/mol. The largest absolute Gasteiger partial charge is 0.293 e. The molecule has 2 aromatic heterocycles. The van der Waals surface area contributed by atoms with E-state index in [1.54, 1.807) is 0 Å². The first-order chi connectivity index (χ1) is 15.1. The Hall–Kier alpha value is -3.15. The first kappa shape index (κ1) is 19.8. The molecule has 0 amide bonds. The first-order valence-corrected chi connectivity index (χ1v) is 11.2. The highest BCUT2D eigenvalue weighted by molar-refractivity contribution is 7.99. The fraction of sp³-hybridized carbons (Fsp3) is 0.0800. The molecule has 0 N–H and O–H groups in total. The van der Waals surface area contributed by atoms with Crippen LogP contribution in [-0.2, 0) is 0 Å². The fourth-order valence-electron chi connectivity index (χ4n) is 3.68. The fourth-order valence-corrected chi connectivity index (χ4v) is 4.70.